The van der Waals surface area contributed by atoms with Crippen LogP contribution in [0.4, 0.5) is 0 Å². The standard InChI is InChI=1S/C25H31N3O4/c1-5-6-23-25(27-22-14-18(30-2)7-8-21(22)26-23)9-10-28(24(29)15-25)16-17-11-19(31-3)13-20(12-17)32-4/h1,8,11,13,17-18H,6-7,9-10,12,14-16H2,2-4H3. The largest absolute Gasteiger partial charge is 0.501 e. The topological polar surface area (TPSA) is 72.7 Å². The van der Waals surface area contributed by atoms with Crippen molar-refractivity contribution in [2.75, 3.05) is 34.4 Å². The molecule has 3 unspecified atom stereocenters. The van der Waals surface area contributed by atoms with Gasteiger partial charge in [0, 0.05) is 51.5 Å². The first-order valence-corrected chi connectivity index (χ1v) is 11.1. The van der Waals surface area contributed by atoms with Crippen LogP contribution < -0.4 is 0 Å². The van der Waals surface area contributed by atoms with Gasteiger partial charge < -0.3 is 19.1 Å². The fourth-order valence-electron chi connectivity index (χ4n) is 4.94. The molecule has 2 aliphatic carbocycles. The molecule has 0 saturated carbocycles. The van der Waals surface area contributed by atoms with Gasteiger partial charge in [-0.2, -0.15) is 0 Å². The van der Waals surface area contributed by atoms with E-state index in [0.29, 0.717) is 38.8 Å². The number of piperidine rings is 1. The molecule has 1 spiro atoms. The maximum atomic E-state index is 13.3. The lowest BCUT2D eigenvalue weighted by Crippen LogP contribution is -2.53. The van der Waals surface area contributed by atoms with Crippen LogP contribution in [0, 0.1) is 18.3 Å². The molecule has 7 heteroatoms. The Bertz CT molecular complexity index is 968. The Morgan fingerprint density at radius 1 is 1.28 bits per heavy atom. The van der Waals surface area contributed by atoms with E-state index in [4.69, 9.17) is 30.6 Å². The summed E-state index contributed by atoms with van der Waals surface area (Å²) in [6.07, 6.45) is 15.5. The maximum absolute atomic E-state index is 13.3. The van der Waals surface area contributed by atoms with Crippen LogP contribution in [0.15, 0.2) is 45.4 Å². The number of terminal acetylenes is 1. The first-order valence-electron chi connectivity index (χ1n) is 11.1. The minimum atomic E-state index is -0.639. The fraction of sp³-hybridized carbons (Fsp3) is 0.560. The molecule has 1 saturated heterocycles. The highest BCUT2D eigenvalue weighted by atomic mass is 16.5. The first kappa shape index (κ1) is 22.3. The van der Waals surface area contributed by atoms with E-state index in [1.807, 2.05) is 11.0 Å². The lowest BCUT2D eigenvalue weighted by molar-refractivity contribution is -0.135. The second kappa shape index (κ2) is 9.33. The van der Waals surface area contributed by atoms with Crippen molar-refractivity contribution in [3.63, 3.8) is 0 Å². The molecule has 0 N–H and O–H groups in total. The molecule has 32 heavy (non-hydrogen) atoms. The molecule has 170 valence electrons. The third-order valence-electron chi connectivity index (χ3n) is 6.75. The Labute approximate surface area is 189 Å². The lowest BCUT2D eigenvalue weighted by atomic mass is 9.79. The van der Waals surface area contributed by atoms with Gasteiger partial charge in [0.25, 0.3) is 0 Å². The van der Waals surface area contributed by atoms with Crippen LogP contribution in [-0.4, -0.2) is 68.3 Å². The predicted octanol–water partition coefficient (Wildman–Crippen LogP) is 3.04. The fourth-order valence-corrected chi connectivity index (χ4v) is 4.94. The van der Waals surface area contributed by atoms with E-state index in [1.54, 1.807) is 21.3 Å². The zero-order valence-corrected chi connectivity index (χ0v) is 19.1. The van der Waals surface area contributed by atoms with Gasteiger partial charge in [-0.3, -0.25) is 14.8 Å². The summed E-state index contributed by atoms with van der Waals surface area (Å²) in [5.74, 6) is 4.58. The summed E-state index contributed by atoms with van der Waals surface area (Å²) in [6.45, 7) is 1.24. The number of nitrogens with zero attached hydrogens (tertiary/aromatic N) is 3. The molecule has 7 nitrogen and oxygen atoms in total. The monoisotopic (exact) mass is 437 g/mol. The van der Waals surface area contributed by atoms with Crippen LogP contribution >= 0.6 is 0 Å². The van der Waals surface area contributed by atoms with E-state index < -0.39 is 5.54 Å². The Morgan fingerprint density at radius 2 is 2.12 bits per heavy atom. The number of fused-ring (bicyclic) bond motifs is 1. The van der Waals surface area contributed by atoms with Crippen molar-refractivity contribution in [2.45, 2.75) is 50.2 Å². The molecular weight excluding hydrogens is 406 g/mol. The molecule has 2 aliphatic heterocycles. The minimum absolute atomic E-state index is 0.0812. The molecule has 2 heterocycles. The zero-order valence-electron chi connectivity index (χ0n) is 19.1. The van der Waals surface area contributed by atoms with E-state index in [0.717, 1.165) is 41.5 Å². The molecule has 0 aromatic heterocycles. The van der Waals surface area contributed by atoms with E-state index >= 15 is 0 Å². The molecule has 0 radical (unpaired) electrons. The Balaban J connectivity index is 1.52. The van der Waals surface area contributed by atoms with Crippen molar-refractivity contribution < 1.29 is 19.0 Å². The smallest absolute Gasteiger partial charge is 0.225 e. The number of allylic oxidation sites excluding steroid dienone is 3. The number of hydrogen-bond donors (Lipinski definition) is 0. The number of likely N-dealkylation sites (tertiary alicyclic amines) is 1. The van der Waals surface area contributed by atoms with Crippen molar-refractivity contribution in [2.24, 2.45) is 15.9 Å². The van der Waals surface area contributed by atoms with E-state index in [2.05, 4.69) is 18.1 Å². The number of carbonyl (C=O) groups is 1. The minimum Gasteiger partial charge on any atom is -0.501 e. The Morgan fingerprint density at radius 3 is 2.81 bits per heavy atom. The van der Waals surface area contributed by atoms with Crippen molar-refractivity contribution in [1.82, 2.24) is 4.90 Å². The molecule has 4 aliphatic rings. The van der Waals surface area contributed by atoms with Gasteiger partial charge in [-0.15, -0.1) is 12.3 Å². The molecule has 1 fully saturated rings. The van der Waals surface area contributed by atoms with Gasteiger partial charge in [0.05, 0.1) is 49.6 Å². The highest BCUT2D eigenvalue weighted by molar-refractivity contribution is 6.11. The highest BCUT2D eigenvalue weighted by Crippen LogP contribution is 2.37. The summed E-state index contributed by atoms with van der Waals surface area (Å²) in [5.41, 5.74) is 2.02. The molecule has 0 aromatic rings. The van der Waals surface area contributed by atoms with Crippen LogP contribution in [0.25, 0.3) is 0 Å². The first-order chi connectivity index (χ1) is 15.5. The Kier molecular flexibility index (Phi) is 6.52. The number of rotatable bonds is 6. The summed E-state index contributed by atoms with van der Waals surface area (Å²) >= 11 is 0. The molecule has 4 rings (SSSR count). The average molecular weight is 438 g/mol. The van der Waals surface area contributed by atoms with Crippen molar-refractivity contribution in [3.8, 4) is 12.3 Å². The van der Waals surface area contributed by atoms with Crippen LogP contribution in [0.2, 0.25) is 0 Å². The summed E-state index contributed by atoms with van der Waals surface area (Å²) in [6, 6.07) is 0. The van der Waals surface area contributed by atoms with Crippen LogP contribution in [-0.2, 0) is 19.0 Å². The van der Waals surface area contributed by atoms with Crippen molar-refractivity contribution in [1.29, 1.82) is 0 Å². The molecule has 0 aromatic carbocycles. The Hall–Kier alpha value is -2.85. The number of carbonyl (C=O) groups excluding carboxylic acids is 1. The van der Waals surface area contributed by atoms with Gasteiger partial charge >= 0.3 is 0 Å². The molecule has 1 amide bonds. The summed E-state index contributed by atoms with van der Waals surface area (Å²) < 4.78 is 16.4. The van der Waals surface area contributed by atoms with Crippen LogP contribution in [0.5, 0.6) is 0 Å². The summed E-state index contributed by atoms with van der Waals surface area (Å²) in [7, 11) is 5.02. The van der Waals surface area contributed by atoms with E-state index in [1.165, 1.54) is 0 Å². The molecular formula is C25H31N3O4. The van der Waals surface area contributed by atoms with Gasteiger partial charge in [-0.05, 0) is 18.9 Å². The van der Waals surface area contributed by atoms with Gasteiger partial charge in [0.15, 0.2) is 0 Å². The third kappa shape index (κ3) is 4.37. The SMILES string of the molecule is C#CCC1=NC2=CCC(OC)CC2=NC12CCN(CC1C=C(OC)C=C(OC)C1)C(=O)C2. The highest BCUT2D eigenvalue weighted by Gasteiger charge is 2.45. The van der Waals surface area contributed by atoms with Gasteiger partial charge in [-0.1, -0.05) is 6.08 Å². The van der Waals surface area contributed by atoms with E-state index in [-0.39, 0.29) is 17.9 Å². The van der Waals surface area contributed by atoms with Crippen molar-refractivity contribution in [3.05, 3.63) is 35.4 Å². The summed E-state index contributed by atoms with van der Waals surface area (Å²) in [5, 5.41) is 0. The lowest BCUT2D eigenvalue weighted by Gasteiger charge is -2.43. The predicted molar refractivity (Wildman–Crippen MR) is 123 cm³/mol. The second-order valence-electron chi connectivity index (χ2n) is 8.74. The van der Waals surface area contributed by atoms with Crippen molar-refractivity contribution >= 4 is 17.3 Å². The van der Waals surface area contributed by atoms with Gasteiger partial charge in [0.1, 0.15) is 11.3 Å². The number of aliphatic imine (C=N–C) groups is 2. The number of methoxy groups -OCH3 is 3. The maximum Gasteiger partial charge on any atom is 0.225 e. The van der Waals surface area contributed by atoms with E-state index in [9.17, 15) is 4.79 Å². The molecule has 3 atom stereocenters. The normalized spacial score (nSPS) is 29.8. The number of hydrogen-bond acceptors (Lipinski definition) is 6. The molecule has 0 bridgehead atoms. The third-order valence-corrected chi connectivity index (χ3v) is 6.75. The average Bonchev–Trinajstić information content (AvgIpc) is 2.81. The summed E-state index contributed by atoms with van der Waals surface area (Å²) in [4.78, 5) is 25.2. The van der Waals surface area contributed by atoms with Crippen LogP contribution in [0.3, 0.4) is 0 Å². The second-order valence-corrected chi connectivity index (χ2v) is 8.74. The van der Waals surface area contributed by atoms with Gasteiger partial charge in [-0.25, -0.2) is 0 Å². The number of amides is 1. The quantitative estimate of drug-likeness (QED) is 0.599. The van der Waals surface area contributed by atoms with Gasteiger partial charge in [0.2, 0.25) is 5.91 Å². The number of ether oxygens (including phenoxy) is 3. The zero-order chi connectivity index (χ0) is 22.7. The van der Waals surface area contributed by atoms with Crippen LogP contribution in [0.1, 0.15) is 38.5 Å².